The molecule has 0 radical (unpaired) electrons. The lowest BCUT2D eigenvalue weighted by Gasteiger charge is -2.42. The zero-order valence-electron chi connectivity index (χ0n) is 23.5. The van der Waals surface area contributed by atoms with Gasteiger partial charge in [-0.1, -0.05) is 30.3 Å². The molecule has 3 aliphatic heterocycles. The van der Waals surface area contributed by atoms with Gasteiger partial charge in [-0.3, -0.25) is 14.9 Å². The molecule has 6 rings (SSSR count). The molecule has 1 saturated heterocycles. The molecule has 0 saturated carbocycles. The summed E-state index contributed by atoms with van der Waals surface area (Å²) < 4.78 is 0. The van der Waals surface area contributed by atoms with Crippen molar-refractivity contribution in [2.75, 3.05) is 58.7 Å². The zero-order valence-corrected chi connectivity index (χ0v) is 23.5. The molecular formula is C31H40N8O. The molecule has 2 aromatic rings. The Kier molecular flexibility index (Phi) is 7.84. The molecule has 40 heavy (non-hydrogen) atoms. The lowest BCUT2D eigenvalue weighted by molar-refractivity contribution is 0.140. The molecule has 210 valence electrons. The number of allylic oxidation sites excluding steroid dienone is 2. The van der Waals surface area contributed by atoms with Crippen molar-refractivity contribution >= 4 is 17.6 Å². The van der Waals surface area contributed by atoms with Crippen LogP contribution in [-0.2, 0) is 6.42 Å². The van der Waals surface area contributed by atoms with Crippen molar-refractivity contribution in [3.63, 3.8) is 0 Å². The first-order valence-corrected chi connectivity index (χ1v) is 14.5. The van der Waals surface area contributed by atoms with E-state index < -0.39 is 0 Å². The highest BCUT2D eigenvalue weighted by Crippen LogP contribution is 2.34. The summed E-state index contributed by atoms with van der Waals surface area (Å²) in [5, 5.41) is 6.13. The smallest absolute Gasteiger partial charge is 0.319 e. The summed E-state index contributed by atoms with van der Waals surface area (Å²) in [7, 11) is 4.38. The quantitative estimate of drug-likeness (QED) is 0.561. The van der Waals surface area contributed by atoms with Crippen LogP contribution < -0.4 is 10.6 Å². The third kappa shape index (κ3) is 5.62. The van der Waals surface area contributed by atoms with Gasteiger partial charge in [-0.25, -0.2) is 4.79 Å². The van der Waals surface area contributed by atoms with E-state index in [-0.39, 0.29) is 24.2 Å². The first kappa shape index (κ1) is 26.5. The van der Waals surface area contributed by atoms with Crippen molar-refractivity contribution in [3.05, 3.63) is 84.0 Å². The Bertz CT molecular complexity index is 1280. The number of para-hydroxylation sites is 1. The third-order valence-electron chi connectivity index (χ3n) is 8.56. The van der Waals surface area contributed by atoms with Crippen LogP contribution >= 0.6 is 0 Å². The standard InChI is InChI=1S/C31H40N8O/c1-36-17-19-38(20-18-36)29-15-7-14-28-35-25(22-37(2)26-13-6-9-23-10-8-16-32-30(23)26)27(39(28)29)21-33-31(40)34-24-11-4-3-5-12-24/h3-5,7-8,10-12,14-16,25-27H,6,9,13,17-22H2,1-2H3,(H2,33,34,40)/t25?,26-,27?/m0/s1. The number of carbonyl (C=O) groups is 1. The van der Waals surface area contributed by atoms with Gasteiger partial charge in [-0.05, 0) is 69.3 Å². The highest BCUT2D eigenvalue weighted by atomic mass is 16.2. The van der Waals surface area contributed by atoms with Crippen LogP contribution in [-0.4, -0.2) is 102 Å². The first-order chi connectivity index (χ1) is 19.6. The Morgan fingerprint density at radius 2 is 1.93 bits per heavy atom. The van der Waals surface area contributed by atoms with Crippen molar-refractivity contribution in [2.24, 2.45) is 4.99 Å². The number of carbonyl (C=O) groups excluding carboxylic acids is 1. The predicted molar refractivity (Wildman–Crippen MR) is 159 cm³/mol. The second-order valence-corrected chi connectivity index (χ2v) is 11.3. The lowest BCUT2D eigenvalue weighted by atomic mass is 9.90. The molecule has 9 heteroatoms. The largest absolute Gasteiger partial charge is 0.355 e. The van der Waals surface area contributed by atoms with E-state index in [1.165, 1.54) is 23.5 Å². The van der Waals surface area contributed by atoms with Gasteiger partial charge in [-0.2, -0.15) is 0 Å². The van der Waals surface area contributed by atoms with Crippen LogP contribution in [0.3, 0.4) is 0 Å². The van der Waals surface area contributed by atoms with Gasteiger partial charge in [-0.15, -0.1) is 0 Å². The van der Waals surface area contributed by atoms with Gasteiger partial charge in [0.05, 0.1) is 23.8 Å². The van der Waals surface area contributed by atoms with E-state index in [1.807, 2.05) is 42.6 Å². The minimum absolute atomic E-state index is 0.00150. The van der Waals surface area contributed by atoms with E-state index in [1.54, 1.807) is 0 Å². The number of aryl methyl sites for hydroxylation is 1. The first-order valence-electron chi connectivity index (χ1n) is 14.5. The van der Waals surface area contributed by atoms with E-state index in [2.05, 4.69) is 68.6 Å². The summed E-state index contributed by atoms with van der Waals surface area (Å²) in [6.07, 6.45) is 11.7. The molecule has 9 nitrogen and oxygen atoms in total. The fraction of sp³-hybridized carbons (Fsp3) is 0.452. The number of fused-ring (bicyclic) bond motifs is 2. The van der Waals surface area contributed by atoms with Crippen LogP contribution in [0, 0.1) is 0 Å². The van der Waals surface area contributed by atoms with E-state index in [4.69, 9.17) is 9.98 Å². The Morgan fingerprint density at radius 1 is 1.10 bits per heavy atom. The summed E-state index contributed by atoms with van der Waals surface area (Å²) in [6, 6.07) is 13.9. The van der Waals surface area contributed by atoms with Crippen molar-refractivity contribution in [2.45, 2.75) is 37.4 Å². The van der Waals surface area contributed by atoms with Crippen LogP contribution in [0.25, 0.3) is 0 Å². The number of rotatable bonds is 7. The number of urea groups is 1. The summed E-state index contributed by atoms with van der Waals surface area (Å²) in [6.45, 7) is 5.29. The monoisotopic (exact) mass is 540 g/mol. The summed E-state index contributed by atoms with van der Waals surface area (Å²) in [4.78, 5) is 32.6. The molecule has 1 fully saturated rings. The number of pyridine rings is 1. The lowest BCUT2D eigenvalue weighted by Crippen LogP contribution is -2.54. The molecule has 1 aromatic heterocycles. The highest BCUT2D eigenvalue weighted by Gasteiger charge is 2.41. The molecule has 3 atom stereocenters. The molecular weight excluding hydrogens is 500 g/mol. The van der Waals surface area contributed by atoms with Crippen LogP contribution in [0.1, 0.15) is 30.1 Å². The Hall–Kier alpha value is -3.69. The number of hydrogen-bond donors (Lipinski definition) is 2. The maximum Gasteiger partial charge on any atom is 0.319 e. The minimum atomic E-state index is -0.199. The van der Waals surface area contributed by atoms with Gasteiger partial charge in [0, 0.05) is 51.2 Å². The van der Waals surface area contributed by atoms with Crippen LogP contribution in [0.2, 0.25) is 0 Å². The van der Waals surface area contributed by atoms with Crippen molar-refractivity contribution in [1.29, 1.82) is 0 Å². The highest BCUT2D eigenvalue weighted by molar-refractivity contribution is 5.97. The van der Waals surface area contributed by atoms with Gasteiger partial charge in [0.25, 0.3) is 0 Å². The Balaban J connectivity index is 1.21. The van der Waals surface area contributed by atoms with Crippen LogP contribution in [0.15, 0.2) is 77.7 Å². The van der Waals surface area contributed by atoms with Gasteiger partial charge in [0.1, 0.15) is 11.7 Å². The fourth-order valence-electron chi connectivity index (χ4n) is 6.38. The molecule has 2 N–H and O–H groups in total. The molecule has 1 aliphatic carbocycles. The number of anilines is 1. The number of amides is 2. The normalized spacial score (nSPS) is 24.3. The van der Waals surface area contributed by atoms with Crippen LogP contribution in [0.5, 0.6) is 0 Å². The number of likely N-dealkylation sites (N-methyl/N-ethyl adjacent to an activating group) is 2. The number of aliphatic imine (C=N–C) groups is 1. The van der Waals surface area contributed by atoms with Crippen molar-refractivity contribution in [3.8, 4) is 0 Å². The maximum atomic E-state index is 12.9. The number of hydrogen-bond acceptors (Lipinski definition) is 7. The molecule has 1 aromatic carbocycles. The average molecular weight is 541 g/mol. The second-order valence-electron chi connectivity index (χ2n) is 11.3. The number of nitrogens with zero attached hydrogens (tertiary/aromatic N) is 6. The second kappa shape index (κ2) is 11.8. The average Bonchev–Trinajstić information content (AvgIpc) is 3.33. The maximum absolute atomic E-state index is 12.9. The van der Waals surface area contributed by atoms with E-state index in [0.29, 0.717) is 6.54 Å². The van der Waals surface area contributed by atoms with Crippen molar-refractivity contribution in [1.82, 2.24) is 29.9 Å². The van der Waals surface area contributed by atoms with E-state index in [0.717, 1.165) is 57.1 Å². The van der Waals surface area contributed by atoms with Crippen molar-refractivity contribution < 1.29 is 4.79 Å². The molecule has 0 bridgehead atoms. The molecule has 4 heterocycles. The number of piperazine rings is 1. The predicted octanol–water partition coefficient (Wildman–Crippen LogP) is 3.32. The Morgan fingerprint density at radius 3 is 2.75 bits per heavy atom. The van der Waals surface area contributed by atoms with Gasteiger partial charge >= 0.3 is 6.03 Å². The van der Waals surface area contributed by atoms with Gasteiger partial charge in [0.2, 0.25) is 0 Å². The SMILES string of the molecule is CN1CCN(C2=CC=CC3=NC(CN(C)[C@H]4CCCc5cccnc54)C(CNC(=O)Nc4ccccc4)N23)CC1. The fourth-order valence-corrected chi connectivity index (χ4v) is 6.38. The summed E-state index contributed by atoms with van der Waals surface area (Å²) in [5.74, 6) is 2.16. The molecule has 4 aliphatic rings. The van der Waals surface area contributed by atoms with E-state index >= 15 is 0 Å². The van der Waals surface area contributed by atoms with Gasteiger partial charge in [0.15, 0.2) is 0 Å². The zero-order chi connectivity index (χ0) is 27.5. The number of benzene rings is 1. The Labute approximate surface area is 237 Å². The summed E-state index contributed by atoms with van der Waals surface area (Å²) in [5.41, 5.74) is 3.34. The number of amidine groups is 1. The van der Waals surface area contributed by atoms with Crippen LogP contribution in [0.4, 0.5) is 10.5 Å². The van der Waals surface area contributed by atoms with Gasteiger partial charge < -0.3 is 25.3 Å². The molecule has 2 unspecified atom stereocenters. The summed E-state index contributed by atoms with van der Waals surface area (Å²) >= 11 is 0. The molecule has 0 spiro atoms. The number of aromatic nitrogens is 1. The minimum Gasteiger partial charge on any atom is -0.355 e. The molecule has 2 amide bonds. The third-order valence-corrected chi connectivity index (χ3v) is 8.56. The van der Waals surface area contributed by atoms with E-state index in [9.17, 15) is 4.79 Å². The topological polar surface area (TPSA) is 79.3 Å². The number of nitrogens with one attached hydrogen (secondary N) is 2.